The number of aromatic nitrogens is 3. The van der Waals surface area contributed by atoms with Crippen molar-refractivity contribution in [3.05, 3.63) is 48.5 Å². The van der Waals surface area contributed by atoms with Gasteiger partial charge in [-0.3, -0.25) is 9.36 Å². The lowest BCUT2D eigenvalue weighted by Gasteiger charge is -2.15. The van der Waals surface area contributed by atoms with Crippen LogP contribution in [0.1, 0.15) is 27.2 Å². The maximum atomic E-state index is 12.4. The number of nitrogens with zero attached hydrogens (tertiary/aromatic N) is 3. The third kappa shape index (κ3) is 5.38. The lowest BCUT2D eigenvalue weighted by atomic mass is 10.2. The summed E-state index contributed by atoms with van der Waals surface area (Å²) < 4.78 is 13.1. The zero-order chi connectivity index (χ0) is 22.2. The highest BCUT2D eigenvalue weighted by Crippen LogP contribution is 2.34. The molecule has 1 atom stereocenters. The fraction of sp³-hybridized carbons (Fsp3) is 0.348. The number of rotatable bonds is 10. The number of carbonyl (C=O) groups excluding carboxylic acids is 1. The van der Waals surface area contributed by atoms with Gasteiger partial charge in [-0.15, -0.1) is 10.2 Å². The minimum Gasteiger partial charge on any atom is -0.496 e. The van der Waals surface area contributed by atoms with E-state index in [4.69, 9.17) is 9.47 Å². The van der Waals surface area contributed by atoms with Gasteiger partial charge in [-0.2, -0.15) is 0 Å². The third-order valence-electron chi connectivity index (χ3n) is 4.59. The predicted molar refractivity (Wildman–Crippen MR) is 123 cm³/mol. The maximum absolute atomic E-state index is 12.4. The molecule has 0 saturated carbocycles. The topological polar surface area (TPSA) is 78.3 Å². The van der Waals surface area contributed by atoms with Crippen LogP contribution in [0.5, 0.6) is 11.5 Å². The van der Waals surface area contributed by atoms with Crippen LogP contribution in [0.3, 0.4) is 0 Å². The van der Waals surface area contributed by atoms with Crippen molar-refractivity contribution in [1.82, 2.24) is 20.1 Å². The molecule has 8 heteroatoms. The summed E-state index contributed by atoms with van der Waals surface area (Å²) in [6.07, 6.45) is 0.892. The number of para-hydroxylation sites is 1. The van der Waals surface area contributed by atoms with Crippen molar-refractivity contribution in [2.75, 3.05) is 20.3 Å². The number of hydrogen-bond donors (Lipinski definition) is 1. The molecule has 1 amide bonds. The van der Waals surface area contributed by atoms with Gasteiger partial charge in [0.15, 0.2) is 11.0 Å². The number of carbonyl (C=O) groups is 1. The molecule has 2 aromatic carbocycles. The summed E-state index contributed by atoms with van der Waals surface area (Å²) in [5.41, 5.74) is 1.69. The molecule has 31 heavy (non-hydrogen) atoms. The zero-order valence-corrected chi connectivity index (χ0v) is 19.1. The molecule has 0 aliphatic heterocycles. The Hall–Kier alpha value is -3.00. The highest BCUT2D eigenvalue weighted by molar-refractivity contribution is 8.00. The van der Waals surface area contributed by atoms with Gasteiger partial charge in [-0.25, -0.2) is 0 Å². The summed E-state index contributed by atoms with van der Waals surface area (Å²) >= 11 is 1.37. The van der Waals surface area contributed by atoms with Crippen LogP contribution in [0.15, 0.2) is 53.7 Å². The van der Waals surface area contributed by atoms with Gasteiger partial charge in [0.1, 0.15) is 11.5 Å². The van der Waals surface area contributed by atoms with Gasteiger partial charge < -0.3 is 14.8 Å². The van der Waals surface area contributed by atoms with Crippen molar-refractivity contribution in [1.29, 1.82) is 0 Å². The number of hydrogen-bond acceptors (Lipinski definition) is 6. The first-order valence-electron chi connectivity index (χ1n) is 10.3. The SMILES string of the molecule is CCCNC(=O)C(C)Sc1nnc(-c2ccccc2OC)n1-c1ccc(OCC)cc1. The minimum atomic E-state index is -0.317. The van der Waals surface area contributed by atoms with Gasteiger partial charge in [0.2, 0.25) is 5.91 Å². The second kappa shape index (κ2) is 10.9. The quantitative estimate of drug-likeness (QED) is 0.472. The Balaban J connectivity index is 2.03. The smallest absolute Gasteiger partial charge is 0.233 e. The molecule has 7 nitrogen and oxygen atoms in total. The molecule has 164 valence electrons. The molecule has 1 N–H and O–H groups in total. The van der Waals surface area contributed by atoms with Gasteiger partial charge in [-0.05, 0) is 56.7 Å². The Morgan fingerprint density at radius 3 is 2.55 bits per heavy atom. The van der Waals surface area contributed by atoms with Crippen LogP contribution in [0.25, 0.3) is 17.1 Å². The van der Waals surface area contributed by atoms with E-state index in [-0.39, 0.29) is 11.2 Å². The average molecular weight is 441 g/mol. The van der Waals surface area contributed by atoms with E-state index < -0.39 is 0 Å². The average Bonchev–Trinajstić information content (AvgIpc) is 3.21. The fourth-order valence-electron chi connectivity index (χ4n) is 3.04. The van der Waals surface area contributed by atoms with Crippen molar-refractivity contribution >= 4 is 17.7 Å². The molecule has 0 saturated heterocycles. The maximum Gasteiger partial charge on any atom is 0.233 e. The van der Waals surface area contributed by atoms with E-state index in [0.717, 1.165) is 23.4 Å². The van der Waals surface area contributed by atoms with Crippen LogP contribution in [0.2, 0.25) is 0 Å². The molecule has 3 rings (SSSR count). The Morgan fingerprint density at radius 2 is 1.87 bits per heavy atom. The molecule has 1 aromatic heterocycles. The Kier molecular flexibility index (Phi) is 7.94. The highest BCUT2D eigenvalue weighted by Gasteiger charge is 2.23. The second-order valence-electron chi connectivity index (χ2n) is 6.82. The van der Waals surface area contributed by atoms with Gasteiger partial charge in [0.25, 0.3) is 0 Å². The van der Waals surface area contributed by atoms with Crippen LogP contribution in [-0.4, -0.2) is 46.2 Å². The van der Waals surface area contributed by atoms with Crippen molar-refractivity contribution in [2.45, 2.75) is 37.6 Å². The largest absolute Gasteiger partial charge is 0.496 e. The van der Waals surface area contributed by atoms with Gasteiger partial charge >= 0.3 is 0 Å². The molecule has 0 fully saturated rings. The molecule has 0 spiro atoms. The lowest BCUT2D eigenvalue weighted by Crippen LogP contribution is -2.31. The van der Waals surface area contributed by atoms with Crippen molar-refractivity contribution < 1.29 is 14.3 Å². The van der Waals surface area contributed by atoms with E-state index in [1.165, 1.54) is 11.8 Å². The first-order chi connectivity index (χ1) is 15.1. The van der Waals surface area contributed by atoms with E-state index in [0.29, 0.717) is 29.9 Å². The Morgan fingerprint density at radius 1 is 1.13 bits per heavy atom. The van der Waals surface area contributed by atoms with Crippen LogP contribution in [0, 0.1) is 0 Å². The summed E-state index contributed by atoms with van der Waals surface area (Å²) in [6, 6.07) is 15.4. The van der Waals surface area contributed by atoms with Gasteiger partial charge in [0, 0.05) is 6.54 Å². The van der Waals surface area contributed by atoms with Crippen molar-refractivity contribution in [2.24, 2.45) is 0 Å². The molecule has 1 unspecified atom stereocenters. The number of thioether (sulfide) groups is 1. The Bertz CT molecular complexity index is 1000. The van der Waals surface area contributed by atoms with Crippen molar-refractivity contribution in [3.8, 4) is 28.6 Å². The van der Waals surface area contributed by atoms with E-state index >= 15 is 0 Å². The Labute approximate surface area is 187 Å². The predicted octanol–water partition coefficient (Wildman–Crippen LogP) is 4.35. The summed E-state index contributed by atoms with van der Waals surface area (Å²) in [6.45, 7) is 7.11. The van der Waals surface area contributed by atoms with Gasteiger partial charge in [-0.1, -0.05) is 30.8 Å². The third-order valence-corrected chi connectivity index (χ3v) is 5.63. The van der Waals surface area contributed by atoms with Crippen LogP contribution in [0.4, 0.5) is 0 Å². The summed E-state index contributed by atoms with van der Waals surface area (Å²) in [5, 5.41) is 12.1. The normalized spacial score (nSPS) is 11.7. The number of methoxy groups -OCH3 is 1. The van der Waals surface area contributed by atoms with Gasteiger partial charge in [0.05, 0.1) is 30.2 Å². The van der Waals surface area contributed by atoms with E-state index in [1.54, 1.807) is 7.11 Å². The van der Waals surface area contributed by atoms with E-state index in [1.807, 2.05) is 73.9 Å². The molecular formula is C23H28N4O3S. The second-order valence-corrected chi connectivity index (χ2v) is 8.13. The standard InChI is InChI=1S/C23H28N4O3S/c1-5-15-24-22(28)16(3)31-23-26-25-21(19-9-7-8-10-20(19)29-4)27(23)17-11-13-18(14-12-17)30-6-2/h7-14,16H,5-6,15H2,1-4H3,(H,24,28). The summed E-state index contributed by atoms with van der Waals surface area (Å²) in [5.74, 6) is 2.12. The summed E-state index contributed by atoms with van der Waals surface area (Å²) in [4.78, 5) is 12.4. The number of nitrogens with one attached hydrogen (secondary N) is 1. The molecule has 0 aliphatic carbocycles. The summed E-state index contributed by atoms with van der Waals surface area (Å²) in [7, 11) is 1.63. The molecule has 0 aliphatic rings. The number of amides is 1. The first-order valence-corrected chi connectivity index (χ1v) is 11.2. The molecular weight excluding hydrogens is 412 g/mol. The van der Waals surface area contributed by atoms with Crippen LogP contribution >= 0.6 is 11.8 Å². The van der Waals surface area contributed by atoms with Crippen LogP contribution < -0.4 is 14.8 Å². The molecule has 1 heterocycles. The molecule has 0 radical (unpaired) electrons. The lowest BCUT2D eigenvalue weighted by molar-refractivity contribution is -0.120. The van der Waals surface area contributed by atoms with E-state index in [2.05, 4.69) is 15.5 Å². The van der Waals surface area contributed by atoms with E-state index in [9.17, 15) is 4.79 Å². The van der Waals surface area contributed by atoms with Crippen molar-refractivity contribution in [3.63, 3.8) is 0 Å². The van der Waals surface area contributed by atoms with Crippen LogP contribution in [-0.2, 0) is 4.79 Å². The number of benzene rings is 2. The zero-order valence-electron chi connectivity index (χ0n) is 18.3. The fourth-order valence-corrected chi connectivity index (χ4v) is 3.94. The number of ether oxygens (including phenoxy) is 2. The highest BCUT2D eigenvalue weighted by atomic mass is 32.2. The first kappa shape index (κ1) is 22.7. The molecule has 3 aromatic rings. The molecule has 0 bridgehead atoms. The minimum absolute atomic E-state index is 0.0214. The monoisotopic (exact) mass is 440 g/mol.